The summed E-state index contributed by atoms with van der Waals surface area (Å²) in [5.74, 6) is 0.0679. The number of nitriles is 2. The molecule has 130 valence electrons. The fourth-order valence-corrected chi connectivity index (χ4v) is 3.71. The van der Waals surface area contributed by atoms with Gasteiger partial charge >= 0.3 is 0 Å². The first kappa shape index (κ1) is 17.4. The average molecular weight is 337 g/mol. The van der Waals surface area contributed by atoms with Gasteiger partial charge in [-0.3, -0.25) is 9.69 Å². The molecule has 2 aliphatic rings. The van der Waals surface area contributed by atoms with Gasteiger partial charge in [0.2, 0.25) is 5.91 Å². The predicted molar refractivity (Wildman–Crippen MR) is 93.2 cm³/mol. The van der Waals surface area contributed by atoms with Crippen molar-refractivity contribution in [3.8, 4) is 12.1 Å². The third kappa shape index (κ3) is 3.82. The largest absolute Gasteiger partial charge is 0.325 e. The maximum atomic E-state index is 12.7. The summed E-state index contributed by atoms with van der Waals surface area (Å²) in [4.78, 5) is 16.7. The number of likely N-dealkylation sites (N-methyl/N-ethyl adjacent to an activating group) is 1. The number of nitrogens with one attached hydrogen (secondary N) is 1. The van der Waals surface area contributed by atoms with E-state index in [1.54, 1.807) is 4.90 Å². The highest BCUT2D eigenvalue weighted by Gasteiger charge is 2.37. The molecule has 0 spiro atoms. The molecule has 0 aliphatic carbocycles. The first-order valence-electron chi connectivity index (χ1n) is 8.75. The molecule has 25 heavy (non-hydrogen) atoms. The molecular weight excluding hydrogens is 314 g/mol. The van der Waals surface area contributed by atoms with Gasteiger partial charge in [0.15, 0.2) is 0 Å². The Morgan fingerprint density at radius 1 is 1.36 bits per heavy atom. The molecule has 0 radical (unpaired) electrons. The highest BCUT2D eigenvalue weighted by Crippen LogP contribution is 2.22. The molecule has 0 bridgehead atoms. The maximum absolute atomic E-state index is 12.7. The number of amides is 1. The van der Waals surface area contributed by atoms with Gasteiger partial charge in [-0.2, -0.15) is 10.5 Å². The van der Waals surface area contributed by atoms with Crippen LogP contribution in [0.4, 0.5) is 0 Å². The second kappa shape index (κ2) is 7.65. The number of likely N-dealkylation sites (tertiary alicyclic amines) is 1. The molecule has 2 fully saturated rings. The number of benzene rings is 1. The molecule has 2 unspecified atom stereocenters. The second-order valence-corrected chi connectivity index (χ2v) is 6.89. The Labute approximate surface area is 148 Å². The summed E-state index contributed by atoms with van der Waals surface area (Å²) >= 11 is 0. The Morgan fingerprint density at radius 2 is 2.12 bits per heavy atom. The fraction of sp³-hybridized carbons (Fsp3) is 0.526. The first-order valence-corrected chi connectivity index (χ1v) is 8.75. The Kier molecular flexibility index (Phi) is 5.33. The average Bonchev–Trinajstić information content (AvgIpc) is 3.31. The van der Waals surface area contributed by atoms with Crippen LogP contribution in [0.25, 0.3) is 0 Å². The zero-order chi connectivity index (χ0) is 17.8. The molecule has 6 nitrogen and oxygen atoms in total. The lowest BCUT2D eigenvalue weighted by atomic mass is 10.1. The van der Waals surface area contributed by atoms with Crippen LogP contribution in [-0.2, 0) is 11.3 Å². The van der Waals surface area contributed by atoms with E-state index in [0.717, 1.165) is 37.9 Å². The molecule has 3 rings (SSSR count). The lowest BCUT2D eigenvalue weighted by Crippen LogP contribution is -2.45. The summed E-state index contributed by atoms with van der Waals surface area (Å²) < 4.78 is 0. The summed E-state index contributed by atoms with van der Waals surface area (Å²) in [6.07, 6.45) is 2.47. The SMILES string of the molecule is CN(Cc1ccc(C#N)cc1)C1CNC(C(=O)N2CCC[C@H]2C#N)C1. The van der Waals surface area contributed by atoms with Gasteiger partial charge in [0.25, 0.3) is 0 Å². The number of hydrogen-bond acceptors (Lipinski definition) is 5. The highest BCUT2D eigenvalue weighted by atomic mass is 16.2. The number of nitrogens with zero attached hydrogens (tertiary/aromatic N) is 4. The highest BCUT2D eigenvalue weighted by molar-refractivity contribution is 5.83. The summed E-state index contributed by atoms with van der Waals surface area (Å²) in [7, 11) is 2.06. The molecule has 0 aromatic heterocycles. The molecule has 2 saturated heterocycles. The van der Waals surface area contributed by atoms with Crippen molar-refractivity contribution in [3.63, 3.8) is 0 Å². The van der Waals surface area contributed by atoms with Crippen molar-refractivity contribution < 1.29 is 4.79 Å². The van der Waals surface area contributed by atoms with E-state index < -0.39 is 0 Å². The second-order valence-electron chi connectivity index (χ2n) is 6.89. The monoisotopic (exact) mass is 337 g/mol. The minimum Gasteiger partial charge on any atom is -0.325 e. The van der Waals surface area contributed by atoms with Gasteiger partial charge in [-0.1, -0.05) is 12.1 Å². The van der Waals surface area contributed by atoms with Crippen LogP contribution in [0.15, 0.2) is 24.3 Å². The van der Waals surface area contributed by atoms with E-state index in [-0.39, 0.29) is 24.0 Å². The van der Waals surface area contributed by atoms with Gasteiger partial charge in [-0.05, 0) is 44.0 Å². The molecule has 1 amide bonds. The van der Waals surface area contributed by atoms with Crippen molar-refractivity contribution in [2.24, 2.45) is 0 Å². The van der Waals surface area contributed by atoms with E-state index in [2.05, 4.69) is 29.4 Å². The molecule has 2 aliphatic heterocycles. The van der Waals surface area contributed by atoms with Crippen LogP contribution in [0, 0.1) is 22.7 Å². The Balaban J connectivity index is 1.55. The van der Waals surface area contributed by atoms with Crippen molar-refractivity contribution in [1.29, 1.82) is 10.5 Å². The zero-order valence-corrected chi connectivity index (χ0v) is 14.5. The van der Waals surface area contributed by atoms with E-state index in [1.807, 2.05) is 24.3 Å². The lowest BCUT2D eigenvalue weighted by molar-refractivity contribution is -0.133. The predicted octanol–water partition coefficient (Wildman–Crippen LogP) is 1.24. The van der Waals surface area contributed by atoms with E-state index in [9.17, 15) is 10.1 Å². The van der Waals surface area contributed by atoms with E-state index in [1.165, 1.54) is 0 Å². The van der Waals surface area contributed by atoms with Crippen molar-refractivity contribution in [2.75, 3.05) is 20.1 Å². The maximum Gasteiger partial charge on any atom is 0.240 e. The third-order valence-electron chi connectivity index (χ3n) is 5.23. The third-order valence-corrected chi connectivity index (χ3v) is 5.23. The number of carbonyl (C=O) groups is 1. The van der Waals surface area contributed by atoms with Gasteiger partial charge in [0, 0.05) is 25.7 Å². The standard InChI is InChI=1S/C19H23N5O/c1-23(13-15-6-4-14(10-20)5-7-15)17-9-18(22-12-17)19(25)24-8-2-3-16(24)11-21/h4-7,16-18,22H,2-3,8-9,12-13H2,1H3/t16-,17?,18?/m0/s1. The molecular formula is C19H23N5O. The van der Waals surface area contributed by atoms with Crippen LogP contribution in [0.5, 0.6) is 0 Å². The van der Waals surface area contributed by atoms with Crippen LogP contribution < -0.4 is 5.32 Å². The first-order chi connectivity index (χ1) is 12.1. The molecule has 1 aromatic rings. The van der Waals surface area contributed by atoms with Crippen molar-refractivity contribution in [2.45, 2.75) is 43.9 Å². The summed E-state index contributed by atoms with van der Waals surface area (Å²) in [5.41, 5.74) is 1.82. The smallest absolute Gasteiger partial charge is 0.240 e. The minimum absolute atomic E-state index is 0.0679. The molecule has 1 aromatic carbocycles. The van der Waals surface area contributed by atoms with Crippen LogP contribution in [0.2, 0.25) is 0 Å². The van der Waals surface area contributed by atoms with Crippen LogP contribution >= 0.6 is 0 Å². The van der Waals surface area contributed by atoms with Gasteiger partial charge in [0.05, 0.1) is 23.7 Å². The summed E-state index contributed by atoms with van der Waals surface area (Å²) in [6.45, 7) is 2.25. The molecule has 3 atom stereocenters. The van der Waals surface area contributed by atoms with Gasteiger partial charge in [-0.25, -0.2) is 0 Å². The normalized spacial score (nSPS) is 25.8. The zero-order valence-electron chi connectivity index (χ0n) is 14.5. The Hall–Kier alpha value is -2.41. The Bertz CT molecular complexity index is 702. The van der Waals surface area contributed by atoms with E-state index >= 15 is 0 Å². The topological polar surface area (TPSA) is 83.2 Å². The van der Waals surface area contributed by atoms with Crippen molar-refractivity contribution in [3.05, 3.63) is 35.4 Å². The van der Waals surface area contributed by atoms with Crippen molar-refractivity contribution in [1.82, 2.24) is 15.1 Å². The number of carbonyl (C=O) groups excluding carboxylic acids is 1. The minimum atomic E-state index is -0.260. The van der Waals surface area contributed by atoms with Gasteiger partial charge in [0.1, 0.15) is 6.04 Å². The van der Waals surface area contributed by atoms with E-state index in [4.69, 9.17) is 5.26 Å². The quantitative estimate of drug-likeness (QED) is 0.893. The number of hydrogen-bond donors (Lipinski definition) is 1. The van der Waals surface area contributed by atoms with Crippen LogP contribution in [-0.4, -0.2) is 54.0 Å². The molecule has 0 saturated carbocycles. The van der Waals surface area contributed by atoms with Gasteiger partial charge < -0.3 is 10.2 Å². The molecule has 6 heteroatoms. The van der Waals surface area contributed by atoms with E-state index in [0.29, 0.717) is 12.1 Å². The van der Waals surface area contributed by atoms with Crippen LogP contribution in [0.1, 0.15) is 30.4 Å². The summed E-state index contributed by atoms with van der Waals surface area (Å²) in [5, 5.41) is 21.4. The van der Waals surface area contributed by atoms with Crippen molar-refractivity contribution >= 4 is 5.91 Å². The number of rotatable bonds is 4. The lowest BCUT2D eigenvalue weighted by Gasteiger charge is -2.25. The van der Waals surface area contributed by atoms with Crippen LogP contribution in [0.3, 0.4) is 0 Å². The fourth-order valence-electron chi connectivity index (χ4n) is 3.71. The molecule has 1 N–H and O–H groups in total. The van der Waals surface area contributed by atoms with Gasteiger partial charge in [-0.15, -0.1) is 0 Å². The summed E-state index contributed by atoms with van der Waals surface area (Å²) in [6, 6.07) is 11.8. The Morgan fingerprint density at radius 3 is 2.80 bits per heavy atom. The molecule has 2 heterocycles.